The van der Waals surface area contributed by atoms with Crippen LogP contribution in [0.4, 0.5) is 15.3 Å². The third-order valence-electron chi connectivity index (χ3n) is 9.68. The SMILES string of the molecule is Cc1cc(Cl)cc(N2C(=O)N(CCCCNC(=O)CN3CCN(COC=O)CCN(COC=O)CCN(C(=O)O)CC3)[C@@](C)(Cc3ccc(Br)cc3)C2=O)c1.[Bi+3]. The Balaban J connectivity index is 0.00000841. The van der Waals surface area contributed by atoms with Crippen molar-refractivity contribution in [2.45, 2.75) is 38.6 Å². The van der Waals surface area contributed by atoms with Crippen LogP contribution in [-0.4, -0.2) is 184 Å². The number of nitrogens with one attached hydrogen (secondary N) is 1. The van der Waals surface area contributed by atoms with Gasteiger partial charge in [-0.1, -0.05) is 39.7 Å². The summed E-state index contributed by atoms with van der Waals surface area (Å²) in [5, 5.41) is 13.2. The Morgan fingerprint density at radius 1 is 0.893 bits per heavy atom. The summed E-state index contributed by atoms with van der Waals surface area (Å²) in [6, 6.07) is 12.3. The summed E-state index contributed by atoms with van der Waals surface area (Å²) in [6.45, 7) is 7.48. The Morgan fingerprint density at radius 3 is 2.04 bits per heavy atom. The summed E-state index contributed by atoms with van der Waals surface area (Å²) in [7, 11) is 0. The number of carboxylic acid groups (broad SMARTS) is 1. The number of anilines is 1. The first-order chi connectivity index (χ1) is 26.3. The first-order valence-electron chi connectivity index (χ1n) is 18.0. The number of nitrogens with zero attached hydrogens (tertiary/aromatic N) is 6. The van der Waals surface area contributed by atoms with Gasteiger partial charge >= 0.3 is 38.3 Å². The largest absolute Gasteiger partial charge is 3.00 e. The number of hydrogen-bond donors (Lipinski definition) is 2. The van der Waals surface area contributed by atoms with E-state index in [1.165, 1.54) is 9.80 Å². The van der Waals surface area contributed by atoms with Crippen LogP contribution < -0.4 is 10.2 Å². The molecular formula is C37H49BiBrClN7O9+3. The average Bonchev–Trinajstić information content (AvgIpc) is 3.31. The molecular weight excluding hydrogens is 1010 g/mol. The van der Waals surface area contributed by atoms with Crippen molar-refractivity contribution in [3.05, 3.63) is 63.1 Å². The molecule has 2 aromatic rings. The molecule has 2 aliphatic heterocycles. The van der Waals surface area contributed by atoms with Gasteiger partial charge in [-0.05, 0) is 68.1 Å². The molecule has 2 N–H and O–H groups in total. The molecule has 2 radical (unpaired) electrons. The summed E-state index contributed by atoms with van der Waals surface area (Å²) in [5.41, 5.74) is 0.960. The molecule has 2 fully saturated rings. The van der Waals surface area contributed by atoms with Crippen molar-refractivity contribution in [3.8, 4) is 0 Å². The molecule has 56 heavy (non-hydrogen) atoms. The Bertz CT molecular complexity index is 1640. The topological polar surface area (TPSA) is 173 Å². The predicted molar refractivity (Wildman–Crippen MR) is 213 cm³/mol. The van der Waals surface area contributed by atoms with Crippen LogP contribution in [0, 0.1) is 6.92 Å². The average molecular weight is 1060 g/mol. The summed E-state index contributed by atoms with van der Waals surface area (Å²) >= 11 is 9.77. The first-order valence-corrected chi connectivity index (χ1v) is 19.2. The molecule has 19 heteroatoms. The molecule has 4 rings (SSSR count). The molecule has 0 saturated carbocycles. The van der Waals surface area contributed by atoms with Gasteiger partial charge in [0.15, 0.2) is 0 Å². The van der Waals surface area contributed by atoms with Crippen LogP contribution in [0.2, 0.25) is 5.02 Å². The molecule has 2 aromatic carbocycles. The summed E-state index contributed by atoms with van der Waals surface area (Å²) < 4.78 is 10.8. The van der Waals surface area contributed by atoms with E-state index >= 15 is 0 Å². The second kappa shape index (κ2) is 23.1. The number of hydrogen-bond acceptors (Lipinski definition) is 11. The number of amides is 5. The summed E-state index contributed by atoms with van der Waals surface area (Å²) in [4.78, 5) is 84.5. The predicted octanol–water partition coefficient (Wildman–Crippen LogP) is 2.86. The van der Waals surface area contributed by atoms with Crippen molar-refractivity contribution >= 4 is 96.3 Å². The number of halogens is 2. The fourth-order valence-corrected chi connectivity index (χ4v) is 7.21. The molecule has 16 nitrogen and oxygen atoms in total. The van der Waals surface area contributed by atoms with Gasteiger partial charge in [-0.2, -0.15) is 0 Å². The standard InChI is InChI=1S/C37H49BrClN7O9.Bi/c1-28-19-31(39)21-32(20-28)46-34(50)37(2,22-29-5-7-30(38)8-6-29)45(35(46)51)10-4-3-9-40-33(49)23-41-11-12-42(24-54-26-47)13-14-43(25-55-27-48)16-18-44(17-15-41)36(52)53;/h5-8,19-21,26-27H,3-4,9-18,22-25H2,1-2H3,(H,40,49)(H,52,53);/q;+3/t37-;/m0./s1. The number of ether oxygens (including phenoxy) is 2. The van der Waals surface area contributed by atoms with Crippen molar-refractivity contribution < 1.29 is 43.3 Å². The molecule has 1 atom stereocenters. The van der Waals surface area contributed by atoms with E-state index in [-0.39, 0.29) is 84.2 Å². The molecule has 2 heterocycles. The van der Waals surface area contributed by atoms with Crippen LogP contribution in [0.15, 0.2) is 46.9 Å². The van der Waals surface area contributed by atoms with Gasteiger partial charge in [-0.25, -0.2) is 14.5 Å². The quantitative estimate of drug-likeness (QED) is 0.109. The van der Waals surface area contributed by atoms with Gasteiger partial charge in [0.25, 0.3) is 18.9 Å². The van der Waals surface area contributed by atoms with Crippen LogP contribution in [0.5, 0.6) is 0 Å². The van der Waals surface area contributed by atoms with Gasteiger partial charge in [0.05, 0.1) is 12.2 Å². The molecule has 5 amide bonds. The minimum absolute atomic E-state index is 0. The van der Waals surface area contributed by atoms with E-state index < -0.39 is 17.7 Å². The van der Waals surface area contributed by atoms with Gasteiger partial charge in [-0.3, -0.25) is 33.9 Å². The number of rotatable bonds is 16. The normalized spacial score (nSPS) is 19.1. The van der Waals surface area contributed by atoms with Gasteiger partial charge < -0.3 is 29.7 Å². The fourth-order valence-electron chi connectivity index (χ4n) is 6.66. The fraction of sp³-hybridized carbons (Fsp3) is 0.514. The van der Waals surface area contributed by atoms with E-state index in [1.54, 1.807) is 34.9 Å². The van der Waals surface area contributed by atoms with Crippen molar-refractivity contribution in [1.29, 1.82) is 0 Å². The molecule has 0 aliphatic carbocycles. The van der Waals surface area contributed by atoms with Gasteiger partial charge in [0.1, 0.15) is 19.0 Å². The number of benzene rings is 2. The Morgan fingerprint density at radius 2 is 1.46 bits per heavy atom. The van der Waals surface area contributed by atoms with E-state index in [0.717, 1.165) is 15.6 Å². The van der Waals surface area contributed by atoms with Crippen LogP contribution in [0.1, 0.15) is 30.9 Å². The number of aryl methyl sites for hydroxylation is 1. The number of carbonyl (C=O) groups is 6. The minimum atomic E-state index is -1.17. The zero-order valence-electron chi connectivity index (χ0n) is 31.6. The molecule has 2 saturated heterocycles. The zero-order valence-corrected chi connectivity index (χ0v) is 37.4. The summed E-state index contributed by atoms with van der Waals surface area (Å²) in [5.74, 6) is -0.597. The van der Waals surface area contributed by atoms with Crippen molar-refractivity contribution in [2.24, 2.45) is 0 Å². The zero-order chi connectivity index (χ0) is 40.0. The molecule has 0 unspecified atom stereocenters. The number of carbonyl (C=O) groups excluding carboxylic acids is 5. The Kier molecular flexibility index (Phi) is 19.4. The van der Waals surface area contributed by atoms with Crippen molar-refractivity contribution in [2.75, 3.05) is 90.4 Å². The van der Waals surface area contributed by atoms with E-state index in [0.29, 0.717) is 82.2 Å². The molecule has 0 spiro atoms. The second-order valence-electron chi connectivity index (χ2n) is 13.8. The maximum absolute atomic E-state index is 14.1. The van der Waals surface area contributed by atoms with Crippen molar-refractivity contribution in [1.82, 2.24) is 29.8 Å². The van der Waals surface area contributed by atoms with E-state index in [1.807, 2.05) is 41.0 Å². The number of urea groups is 1. The third kappa shape index (κ3) is 13.6. The molecule has 302 valence electrons. The molecule has 2 aliphatic rings. The van der Waals surface area contributed by atoms with Crippen LogP contribution >= 0.6 is 27.5 Å². The molecule has 0 aromatic heterocycles. The van der Waals surface area contributed by atoms with Crippen LogP contribution in [-0.2, 0) is 35.1 Å². The second-order valence-corrected chi connectivity index (χ2v) is 15.1. The van der Waals surface area contributed by atoms with E-state index in [9.17, 15) is 33.9 Å². The maximum Gasteiger partial charge on any atom is 3.00 e. The van der Waals surface area contributed by atoms with Crippen LogP contribution in [0.3, 0.4) is 0 Å². The number of unbranched alkanes of at least 4 members (excludes halogenated alkanes) is 1. The number of imide groups is 1. The maximum atomic E-state index is 14.1. The monoisotopic (exact) mass is 1060 g/mol. The molecule has 0 bridgehead atoms. The van der Waals surface area contributed by atoms with Gasteiger partial charge in [-0.15, -0.1) is 0 Å². The van der Waals surface area contributed by atoms with Crippen LogP contribution in [0.25, 0.3) is 0 Å². The Hall–Kier alpha value is -3.41. The first kappa shape index (κ1) is 47.0. The smallest absolute Gasteiger partial charge is 0.465 e. The van der Waals surface area contributed by atoms with E-state index in [4.69, 9.17) is 21.1 Å². The van der Waals surface area contributed by atoms with E-state index in [2.05, 4.69) is 21.2 Å². The minimum Gasteiger partial charge on any atom is -0.465 e. The Labute approximate surface area is 359 Å². The summed E-state index contributed by atoms with van der Waals surface area (Å²) in [6.07, 6.45) is 0.242. The van der Waals surface area contributed by atoms with Gasteiger partial charge in [0.2, 0.25) is 5.91 Å². The van der Waals surface area contributed by atoms with Gasteiger partial charge in [0, 0.05) is 81.4 Å². The third-order valence-corrected chi connectivity index (χ3v) is 10.4. The van der Waals surface area contributed by atoms with Crippen molar-refractivity contribution in [3.63, 3.8) is 0 Å².